The standard InChI is InChI=1S/C21H18N2O4/c1-15(24)17-9-11-18(12-10-17)22-20(25)19-8-5-13-23(21(19)26)27-14-16-6-3-2-4-7-16/h2-13H,14H2,1H3,(H,22,25). The first-order valence-electron chi connectivity index (χ1n) is 8.36. The van der Waals surface area contributed by atoms with Gasteiger partial charge in [0.05, 0.1) is 0 Å². The summed E-state index contributed by atoms with van der Waals surface area (Å²) in [7, 11) is 0. The van der Waals surface area contributed by atoms with Crippen molar-refractivity contribution < 1.29 is 14.4 Å². The fourth-order valence-corrected chi connectivity index (χ4v) is 2.45. The molecule has 0 spiro atoms. The first kappa shape index (κ1) is 18.1. The minimum Gasteiger partial charge on any atom is -0.406 e. The average Bonchev–Trinajstić information content (AvgIpc) is 2.68. The molecule has 0 bridgehead atoms. The van der Waals surface area contributed by atoms with Crippen LogP contribution in [0, 0.1) is 0 Å². The number of carbonyl (C=O) groups is 2. The highest BCUT2D eigenvalue weighted by Gasteiger charge is 2.13. The van der Waals surface area contributed by atoms with Crippen LogP contribution in [0.2, 0.25) is 0 Å². The van der Waals surface area contributed by atoms with E-state index in [4.69, 9.17) is 4.84 Å². The summed E-state index contributed by atoms with van der Waals surface area (Å²) in [5.41, 5.74) is 1.35. The molecule has 0 aliphatic carbocycles. The van der Waals surface area contributed by atoms with Gasteiger partial charge in [-0.05, 0) is 48.9 Å². The van der Waals surface area contributed by atoms with Crippen LogP contribution >= 0.6 is 0 Å². The van der Waals surface area contributed by atoms with Gasteiger partial charge in [-0.2, -0.15) is 4.73 Å². The number of anilines is 1. The maximum Gasteiger partial charge on any atom is 0.295 e. The summed E-state index contributed by atoms with van der Waals surface area (Å²) in [5, 5.41) is 2.65. The molecular formula is C21H18N2O4. The lowest BCUT2D eigenvalue weighted by atomic mass is 10.1. The third-order valence-corrected chi connectivity index (χ3v) is 3.92. The third-order valence-electron chi connectivity index (χ3n) is 3.92. The largest absolute Gasteiger partial charge is 0.406 e. The van der Waals surface area contributed by atoms with Crippen molar-refractivity contribution in [1.82, 2.24) is 4.73 Å². The van der Waals surface area contributed by atoms with E-state index >= 15 is 0 Å². The quantitative estimate of drug-likeness (QED) is 0.684. The van der Waals surface area contributed by atoms with Crippen LogP contribution < -0.4 is 15.7 Å². The van der Waals surface area contributed by atoms with Crippen LogP contribution in [-0.2, 0) is 6.61 Å². The van der Waals surface area contributed by atoms with Gasteiger partial charge >= 0.3 is 0 Å². The summed E-state index contributed by atoms with van der Waals surface area (Å²) < 4.78 is 1.04. The van der Waals surface area contributed by atoms with Crippen molar-refractivity contribution in [3.05, 3.63) is 100.0 Å². The SMILES string of the molecule is CC(=O)c1ccc(NC(=O)c2cccn(OCc3ccccc3)c2=O)cc1. The van der Waals surface area contributed by atoms with Crippen LogP contribution in [0.3, 0.4) is 0 Å². The molecule has 3 rings (SSSR count). The highest BCUT2D eigenvalue weighted by atomic mass is 16.7. The Hall–Kier alpha value is -3.67. The summed E-state index contributed by atoms with van der Waals surface area (Å²) >= 11 is 0. The van der Waals surface area contributed by atoms with E-state index in [1.54, 1.807) is 30.3 Å². The van der Waals surface area contributed by atoms with E-state index in [9.17, 15) is 14.4 Å². The minimum atomic E-state index is -0.550. The molecule has 27 heavy (non-hydrogen) atoms. The van der Waals surface area contributed by atoms with Crippen molar-refractivity contribution in [2.75, 3.05) is 5.32 Å². The molecule has 0 aliphatic heterocycles. The number of aromatic nitrogens is 1. The second-order valence-corrected chi connectivity index (χ2v) is 5.90. The topological polar surface area (TPSA) is 77.4 Å². The number of hydrogen-bond donors (Lipinski definition) is 1. The zero-order valence-corrected chi connectivity index (χ0v) is 14.7. The van der Waals surface area contributed by atoms with E-state index in [0.717, 1.165) is 10.3 Å². The summed E-state index contributed by atoms with van der Waals surface area (Å²) in [4.78, 5) is 41.7. The molecule has 3 aromatic rings. The zero-order chi connectivity index (χ0) is 19.2. The Morgan fingerprint density at radius 1 is 0.963 bits per heavy atom. The van der Waals surface area contributed by atoms with E-state index in [1.807, 2.05) is 30.3 Å². The van der Waals surface area contributed by atoms with Crippen molar-refractivity contribution in [3.63, 3.8) is 0 Å². The minimum absolute atomic E-state index is 0.0405. The first-order valence-corrected chi connectivity index (χ1v) is 8.36. The van der Waals surface area contributed by atoms with Gasteiger partial charge in [0.2, 0.25) is 0 Å². The number of rotatable bonds is 6. The molecule has 0 unspecified atom stereocenters. The molecule has 0 radical (unpaired) electrons. The van der Waals surface area contributed by atoms with Gasteiger partial charge < -0.3 is 10.2 Å². The Morgan fingerprint density at radius 3 is 2.33 bits per heavy atom. The lowest BCUT2D eigenvalue weighted by Crippen LogP contribution is -2.32. The summed E-state index contributed by atoms with van der Waals surface area (Å²) in [6, 6.07) is 18.9. The molecule has 0 saturated heterocycles. The third kappa shape index (κ3) is 4.49. The molecule has 136 valence electrons. The number of benzene rings is 2. The molecule has 6 heteroatoms. The molecule has 1 heterocycles. The van der Waals surface area contributed by atoms with Gasteiger partial charge in [0.25, 0.3) is 11.5 Å². The van der Waals surface area contributed by atoms with Gasteiger partial charge in [-0.15, -0.1) is 0 Å². The number of carbonyl (C=O) groups excluding carboxylic acids is 2. The van der Waals surface area contributed by atoms with E-state index in [-0.39, 0.29) is 18.0 Å². The molecule has 1 aromatic heterocycles. The van der Waals surface area contributed by atoms with Gasteiger partial charge in [0.15, 0.2) is 5.78 Å². The molecule has 0 saturated carbocycles. The number of Topliss-reactive ketones (excluding diaryl/α,β-unsaturated/α-hetero) is 1. The van der Waals surface area contributed by atoms with Crippen molar-refractivity contribution in [2.24, 2.45) is 0 Å². The Kier molecular flexibility index (Phi) is 5.47. The van der Waals surface area contributed by atoms with Crippen LogP contribution in [0.1, 0.15) is 33.2 Å². The Labute approximate surface area is 156 Å². The van der Waals surface area contributed by atoms with Gasteiger partial charge in [-0.3, -0.25) is 14.4 Å². The molecule has 1 amide bonds. The van der Waals surface area contributed by atoms with E-state index < -0.39 is 11.5 Å². The fraction of sp³-hybridized carbons (Fsp3) is 0.0952. The van der Waals surface area contributed by atoms with Crippen LogP contribution in [0.5, 0.6) is 0 Å². The van der Waals surface area contributed by atoms with Crippen molar-refractivity contribution in [3.8, 4) is 0 Å². The second kappa shape index (κ2) is 8.14. The predicted molar refractivity (Wildman–Crippen MR) is 102 cm³/mol. The number of amides is 1. The highest BCUT2D eigenvalue weighted by molar-refractivity contribution is 6.04. The van der Waals surface area contributed by atoms with Crippen molar-refractivity contribution >= 4 is 17.4 Å². The van der Waals surface area contributed by atoms with Crippen molar-refractivity contribution in [1.29, 1.82) is 0 Å². The monoisotopic (exact) mass is 362 g/mol. The van der Waals surface area contributed by atoms with Crippen LogP contribution in [0.15, 0.2) is 77.7 Å². The second-order valence-electron chi connectivity index (χ2n) is 5.90. The lowest BCUT2D eigenvalue weighted by molar-refractivity contribution is 0.0863. The zero-order valence-electron chi connectivity index (χ0n) is 14.7. The molecule has 0 fully saturated rings. The average molecular weight is 362 g/mol. The van der Waals surface area contributed by atoms with Gasteiger partial charge in [-0.25, -0.2) is 0 Å². The van der Waals surface area contributed by atoms with E-state index in [1.165, 1.54) is 19.2 Å². The Morgan fingerprint density at radius 2 is 1.67 bits per heavy atom. The van der Waals surface area contributed by atoms with Crippen LogP contribution in [0.4, 0.5) is 5.69 Å². The molecule has 1 N–H and O–H groups in total. The number of hydrogen-bond acceptors (Lipinski definition) is 4. The smallest absolute Gasteiger partial charge is 0.295 e. The predicted octanol–water partition coefficient (Wildman–Crippen LogP) is 2.93. The lowest BCUT2D eigenvalue weighted by Gasteiger charge is -2.10. The normalized spacial score (nSPS) is 10.3. The number of ketones is 1. The molecule has 6 nitrogen and oxygen atoms in total. The summed E-state index contributed by atoms with van der Waals surface area (Å²) in [5.74, 6) is -0.609. The first-order chi connectivity index (χ1) is 13.0. The fourth-order valence-electron chi connectivity index (χ4n) is 2.45. The molecular weight excluding hydrogens is 344 g/mol. The van der Waals surface area contributed by atoms with E-state index in [0.29, 0.717) is 11.3 Å². The Balaban J connectivity index is 1.73. The van der Waals surface area contributed by atoms with Gasteiger partial charge in [0.1, 0.15) is 12.2 Å². The Bertz CT molecular complexity index is 1010. The maximum atomic E-state index is 12.5. The van der Waals surface area contributed by atoms with Gasteiger partial charge in [0, 0.05) is 17.4 Å². The summed E-state index contributed by atoms with van der Waals surface area (Å²) in [6.45, 7) is 1.67. The van der Waals surface area contributed by atoms with Crippen LogP contribution in [0.25, 0.3) is 0 Å². The molecule has 0 atom stereocenters. The maximum absolute atomic E-state index is 12.5. The van der Waals surface area contributed by atoms with Gasteiger partial charge in [-0.1, -0.05) is 30.3 Å². The highest BCUT2D eigenvalue weighted by Crippen LogP contribution is 2.11. The number of pyridine rings is 1. The number of nitrogens with zero attached hydrogens (tertiary/aromatic N) is 1. The van der Waals surface area contributed by atoms with E-state index in [2.05, 4.69) is 5.32 Å². The molecule has 0 aliphatic rings. The van der Waals surface area contributed by atoms with Crippen LogP contribution in [-0.4, -0.2) is 16.4 Å². The summed E-state index contributed by atoms with van der Waals surface area (Å²) in [6.07, 6.45) is 1.46. The van der Waals surface area contributed by atoms with Crippen molar-refractivity contribution in [2.45, 2.75) is 13.5 Å². The number of nitrogens with one attached hydrogen (secondary N) is 1. The molecule has 2 aromatic carbocycles.